The third kappa shape index (κ3) is 4.91. The highest BCUT2D eigenvalue weighted by molar-refractivity contribution is 6.23. The van der Waals surface area contributed by atoms with Crippen molar-refractivity contribution >= 4 is 28.9 Å². The van der Waals surface area contributed by atoms with Gasteiger partial charge >= 0.3 is 6.18 Å². The highest BCUT2D eigenvalue weighted by Crippen LogP contribution is 2.55. The molecule has 0 heterocycles. The molecule has 1 unspecified atom stereocenters. The average Bonchev–Trinajstić information content (AvgIpc) is 2.84. The van der Waals surface area contributed by atoms with Gasteiger partial charge in [-0.2, -0.15) is 13.2 Å². The minimum Gasteiger partial charge on any atom is -0.508 e. The van der Waals surface area contributed by atoms with E-state index in [1.807, 2.05) is 0 Å². The Morgan fingerprint density at radius 1 is 1.19 bits per heavy atom. The largest absolute Gasteiger partial charge is 0.508 e. The van der Waals surface area contributed by atoms with Gasteiger partial charge in [-0.05, 0) is 43.2 Å². The van der Waals surface area contributed by atoms with Crippen molar-refractivity contribution in [3.05, 3.63) is 39.7 Å². The number of hydrogen-bond donors (Lipinski definition) is 6. The van der Waals surface area contributed by atoms with Gasteiger partial charge in [0.1, 0.15) is 22.8 Å². The lowest BCUT2D eigenvalue weighted by molar-refractivity contribution is -0.155. The van der Waals surface area contributed by atoms with Crippen LogP contribution in [0.1, 0.15) is 50.3 Å². The highest BCUT2D eigenvalue weighted by Gasteiger charge is 2.64. The van der Waals surface area contributed by atoms with Crippen molar-refractivity contribution in [2.45, 2.75) is 64.4 Å². The number of Topliss-reactive ketones (excluding diaryl/α,β-unsaturated/α-hetero) is 2. The zero-order valence-electron chi connectivity index (χ0n) is 24.0. The fourth-order valence-electron chi connectivity index (χ4n) is 6.82. The molecule has 0 aromatic heterocycles. The predicted molar refractivity (Wildman–Crippen MR) is 146 cm³/mol. The first-order chi connectivity index (χ1) is 19.3. The summed E-state index contributed by atoms with van der Waals surface area (Å²) in [5.74, 6) is -8.79. The Bertz CT molecular complexity index is 1420. The molecule has 5 atom stereocenters. The number of phenolic OH excluding ortho intramolecular Hbond substituents is 1. The van der Waals surface area contributed by atoms with Crippen LogP contribution in [0, 0.1) is 23.7 Å². The second-order valence-corrected chi connectivity index (χ2v) is 12.1. The molecule has 0 saturated heterocycles. The number of carbonyl (C=O) groups is 3. The summed E-state index contributed by atoms with van der Waals surface area (Å²) in [5, 5.41) is 48.2. The summed E-state index contributed by atoms with van der Waals surface area (Å²) in [7, 11) is 3.42. The van der Waals surface area contributed by atoms with E-state index in [1.54, 1.807) is 38.9 Å². The Morgan fingerprint density at radius 2 is 1.81 bits per heavy atom. The van der Waals surface area contributed by atoms with E-state index in [1.165, 1.54) is 6.92 Å². The predicted octanol–water partition coefficient (Wildman–Crippen LogP) is 2.80. The van der Waals surface area contributed by atoms with Crippen LogP contribution in [0.25, 0.3) is 5.76 Å². The topological polar surface area (TPSA) is 173 Å². The molecule has 1 amide bonds. The minimum absolute atomic E-state index is 0.0162. The first-order valence-corrected chi connectivity index (χ1v) is 13.7. The van der Waals surface area contributed by atoms with Gasteiger partial charge in [0, 0.05) is 55.3 Å². The lowest BCUT2D eigenvalue weighted by atomic mass is 9.54. The maximum absolute atomic E-state index is 14.0. The van der Waals surface area contributed by atoms with E-state index in [0.717, 1.165) is 0 Å². The first-order valence-electron chi connectivity index (χ1n) is 13.7. The number of nitrogens with zero attached hydrogens (tertiary/aromatic N) is 1. The number of nitrogens with two attached hydrogens (primary N) is 1. The van der Waals surface area contributed by atoms with Gasteiger partial charge in [0.25, 0.3) is 5.91 Å². The van der Waals surface area contributed by atoms with E-state index in [2.05, 4.69) is 5.32 Å². The smallest absolute Gasteiger partial charge is 0.390 e. The second-order valence-electron chi connectivity index (χ2n) is 12.1. The number of fused-ring (bicyclic) bond motifs is 3. The van der Waals surface area contributed by atoms with E-state index in [4.69, 9.17) is 5.73 Å². The van der Waals surface area contributed by atoms with Crippen LogP contribution in [-0.2, 0) is 27.3 Å². The number of halogens is 3. The fourth-order valence-corrected chi connectivity index (χ4v) is 6.82. The lowest BCUT2D eigenvalue weighted by Crippen LogP contribution is -2.62. The number of hydrogen-bond acceptors (Lipinski definition) is 9. The van der Waals surface area contributed by atoms with Gasteiger partial charge in [0.05, 0.1) is 12.0 Å². The number of nitrogens with one attached hydrogen (secondary N) is 1. The molecule has 4 rings (SSSR count). The van der Waals surface area contributed by atoms with Crippen molar-refractivity contribution in [3.63, 3.8) is 0 Å². The number of ketones is 2. The molecule has 1 fully saturated rings. The summed E-state index contributed by atoms with van der Waals surface area (Å²) in [4.78, 5) is 41.1. The molecule has 0 bridgehead atoms. The maximum Gasteiger partial charge on any atom is 0.390 e. The molecule has 1 saturated carbocycles. The van der Waals surface area contributed by atoms with Crippen LogP contribution in [-0.4, -0.2) is 69.8 Å². The molecular weight excluding hydrogens is 559 g/mol. The summed E-state index contributed by atoms with van der Waals surface area (Å²) in [5.41, 5.74) is 2.54. The summed E-state index contributed by atoms with van der Waals surface area (Å²) >= 11 is 0. The summed E-state index contributed by atoms with van der Waals surface area (Å²) < 4.78 is 38.5. The van der Waals surface area contributed by atoms with Crippen LogP contribution < -0.4 is 16.0 Å². The number of carbonyl (C=O) groups excluding carboxylic acids is 3. The Hall–Kier alpha value is -3.58. The van der Waals surface area contributed by atoms with Crippen molar-refractivity contribution in [2.75, 3.05) is 19.0 Å². The zero-order valence-corrected chi connectivity index (χ0v) is 24.0. The molecule has 3 aliphatic rings. The lowest BCUT2D eigenvalue weighted by Gasteiger charge is -2.50. The van der Waals surface area contributed by atoms with E-state index >= 15 is 0 Å². The van der Waals surface area contributed by atoms with Gasteiger partial charge in [-0.3, -0.25) is 14.4 Å². The summed E-state index contributed by atoms with van der Waals surface area (Å²) in [6.45, 7) is 4.52. The maximum atomic E-state index is 14.0. The number of phenols is 1. The number of benzene rings is 1. The van der Waals surface area contributed by atoms with Gasteiger partial charge in [0.2, 0.25) is 5.78 Å². The van der Waals surface area contributed by atoms with Crippen LogP contribution in [0.3, 0.4) is 0 Å². The third-order valence-corrected chi connectivity index (χ3v) is 8.68. The van der Waals surface area contributed by atoms with E-state index in [0.29, 0.717) is 11.3 Å². The van der Waals surface area contributed by atoms with Gasteiger partial charge in [0.15, 0.2) is 11.4 Å². The van der Waals surface area contributed by atoms with Crippen LogP contribution in [0.4, 0.5) is 18.9 Å². The SMILES string of the molecule is CC(CC(F)(F)F)NCc1cc(N(C)C)c2c(c1O)C(O)=C1C(=O)[C@]3(O)C(O)=C(C(N)=O)C(=O)[C@@H](C(C)C)[C@@H]3C[C@@H]1C2. The molecule has 1 aromatic carbocycles. The number of rotatable bonds is 7. The van der Waals surface area contributed by atoms with Crippen molar-refractivity contribution in [2.24, 2.45) is 29.4 Å². The van der Waals surface area contributed by atoms with Crippen LogP contribution >= 0.6 is 0 Å². The summed E-state index contributed by atoms with van der Waals surface area (Å²) in [6.07, 6.45) is -5.41. The van der Waals surface area contributed by atoms with E-state index in [9.17, 15) is 48.0 Å². The Labute approximate surface area is 240 Å². The third-order valence-electron chi connectivity index (χ3n) is 8.68. The molecule has 3 aliphatic carbocycles. The standard InChI is InChI=1S/C29H36F3N3O7/c1-11(2)18-16-7-13-6-15-17(35(4)5)8-14(10-34-12(3)9-28(30,31)32)22(36)20(15)24(38)19(13)25(39)29(16,42)26(40)21(23(18)37)27(33)41/h8,11-13,16,18,34,36,38,40,42H,6-7,9-10H2,1-5H3,(H2,33,41)/t12?,13-,16-,18-,29-/m0/s1. The molecule has 0 radical (unpaired) electrons. The molecular formula is C29H36F3N3O7. The number of aliphatic hydroxyl groups is 3. The Morgan fingerprint density at radius 3 is 2.33 bits per heavy atom. The minimum atomic E-state index is -4.40. The van der Waals surface area contributed by atoms with Crippen molar-refractivity contribution in [1.82, 2.24) is 5.32 Å². The average molecular weight is 596 g/mol. The number of anilines is 1. The Balaban J connectivity index is 1.87. The van der Waals surface area contributed by atoms with E-state index < -0.39 is 88.2 Å². The monoisotopic (exact) mass is 595 g/mol. The van der Waals surface area contributed by atoms with Crippen molar-refractivity contribution in [3.8, 4) is 5.75 Å². The molecule has 13 heteroatoms. The number of aliphatic hydroxyl groups excluding tert-OH is 2. The van der Waals surface area contributed by atoms with Gasteiger partial charge in [-0.25, -0.2) is 0 Å². The number of amides is 1. The highest BCUT2D eigenvalue weighted by atomic mass is 19.4. The molecule has 1 aromatic rings. The second kappa shape index (κ2) is 10.6. The Kier molecular flexibility index (Phi) is 7.92. The van der Waals surface area contributed by atoms with E-state index in [-0.39, 0.29) is 36.1 Å². The van der Waals surface area contributed by atoms with Gasteiger partial charge in [-0.1, -0.05) is 13.8 Å². The van der Waals surface area contributed by atoms with Gasteiger partial charge in [-0.15, -0.1) is 0 Å². The quantitative estimate of drug-likeness (QED) is 0.259. The summed E-state index contributed by atoms with van der Waals surface area (Å²) in [6, 6.07) is 0.609. The zero-order chi connectivity index (χ0) is 31.6. The van der Waals surface area contributed by atoms with Crippen LogP contribution in [0.15, 0.2) is 23.0 Å². The normalized spacial score (nSPS) is 26.7. The van der Waals surface area contributed by atoms with Gasteiger partial charge < -0.3 is 36.4 Å². The van der Waals surface area contributed by atoms with Crippen LogP contribution in [0.5, 0.6) is 5.75 Å². The number of alkyl halides is 3. The molecule has 42 heavy (non-hydrogen) atoms. The van der Waals surface area contributed by atoms with Crippen LogP contribution in [0.2, 0.25) is 0 Å². The number of aromatic hydroxyl groups is 1. The molecule has 0 spiro atoms. The molecule has 10 nitrogen and oxygen atoms in total. The first kappa shape index (κ1) is 31.4. The molecule has 0 aliphatic heterocycles. The van der Waals surface area contributed by atoms with Crippen molar-refractivity contribution < 1.29 is 48.0 Å². The fraction of sp³-hybridized carbons (Fsp3) is 0.552. The molecule has 7 N–H and O–H groups in total. The van der Waals surface area contributed by atoms with Crippen molar-refractivity contribution in [1.29, 1.82) is 0 Å². The number of primary amides is 1. The molecule has 230 valence electrons.